The van der Waals surface area contributed by atoms with Gasteiger partial charge in [0.2, 0.25) is 0 Å². The van der Waals surface area contributed by atoms with E-state index in [1.165, 1.54) is 18.9 Å². The van der Waals surface area contributed by atoms with Crippen molar-refractivity contribution in [1.82, 2.24) is 0 Å². The van der Waals surface area contributed by atoms with Gasteiger partial charge in [-0.3, -0.25) is 0 Å². The van der Waals surface area contributed by atoms with Gasteiger partial charge in [-0.25, -0.2) is 4.39 Å². The molecule has 1 heterocycles. The van der Waals surface area contributed by atoms with E-state index in [4.69, 9.17) is 9.47 Å². The minimum absolute atomic E-state index is 0.0442. The second kappa shape index (κ2) is 8.11. The maximum Gasteiger partial charge on any atom is 0.165 e. The van der Waals surface area contributed by atoms with Crippen molar-refractivity contribution in [3.05, 3.63) is 66.0 Å². The summed E-state index contributed by atoms with van der Waals surface area (Å²) in [6.07, 6.45) is 5.25. The van der Waals surface area contributed by atoms with Crippen LogP contribution in [0.25, 0.3) is 0 Å². The molecule has 0 spiro atoms. The average molecular weight is 314 g/mol. The lowest BCUT2D eigenvalue weighted by Gasteiger charge is -2.30. The molecule has 1 aliphatic rings. The van der Waals surface area contributed by atoms with E-state index in [0.29, 0.717) is 0 Å². The highest BCUT2D eigenvalue weighted by molar-refractivity contribution is 5.27. The topological polar surface area (TPSA) is 18.5 Å². The van der Waals surface area contributed by atoms with Crippen LogP contribution in [0.1, 0.15) is 43.8 Å². The highest BCUT2D eigenvalue weighted by Gasteiger charge is 2.27. The van der Waals surface area contributed by atoms with Crippen LogP contribution in [0.4, 0.5) is 4.39 Å². The van der Waals surface area contributed by atoms with E-state index in [0.717, 1.165) is 31.4 Å². The van der Waals surface area contributed by atoms with Crippen LogP contribution < -0.4 is 4.74 Å². The minimum Gasteiger partial charge on any atom is -0.480 e. The van der Waals surface area contributed by atoms with Crippen molar-refractivity contribution in [2.45, 2.75) is 44.3 Å². The number of para-hydroxylation sites is 1. The van der Waals surface area contributed by atoms with Crippen LogP contribution in [-0.2, 0) is 4.74 Å². The molecule has 2 aromatic carbocycles. The molecule has 3 rings (SSSR count). The van der Waals surface area contributed by atoms with Crippen molar-refractivity contribution in [3.63, 3.8) is 0 Å². The maximum absolute atomic E-state index is 14.0. The van der Waals surface area contributed by atoms with E-state index < -0.39 is 0 Å². The third kappa shape index (κ3) is 4.32. The minimum atomic E-state index is -0.334. The molecule has 2 atom stereocenters. The van der Waals surface area contributed by atoms with Crippen LogP contribution in [0.3, 0.4) is 0 Å². The van der Waals surface area contributed by atoms with Gasteiger partial charge in [0, 0.05) is 6.61 Å². The number of benzene rings is 2. The quantitative estimate of drug-likeness (QED) is 0.763. The number of ether oxygens (including phenoxy) is 2. The SMILES string of the molecule is Fc1ccccc1OC(c1ccccc1)C1CCCCCCO1. The van der Waals surface area contributed by atoms with Crippen molar-refractivity contribution >= 4 is 0 Å². The van der Waals surface area contributed by atoms with Gasteiger partial charge in [-0.1, -0.05) is 61.7 Å². The standard InChI is InChI=1S/C20H23FO2/c21-17-12-7-8-13-18(17)23-20(16-10-4-3-5-11-16)19-14-6-1-2-9-15-22-19/h3-5,7-8,10-13,19-20H,1-2,6,9,14-15H2. The summed E-state index contributed by atoms with van der Waals surface area (Å²) in [4.78, 5) is 0. The lowest BCUT2D eigenvalue weighted by atomic mass is 9.98. The van der Waals surface area contributed by atoms with Crippen molar-refractivity contribution in [3.8, 4) is 5.75 Å². The molecule has 3 heteroatoms. The predicted octanol–water partition coefficient (Wildman–Crippen LogP) is 5.30. The third-order valence-corrected chi connectivity index (χ3v) is 4.27. The first-order valence-electron chi connectivity index (χ1n) is 8.42. The zero-order chi connectivity index (χ0) is 15.9. The molecule has 1 fully saturated rings. The van der Waals surface area contributed by atoms with Crippen molar-refractivity contribution in [2.75, 3.05) is 6.61 Å². The molecular weight excluding hydrogens is 291 g/mol. The lowest BCUT2D eigenvalue weighted by Crippen LogP contribution is -2.28. The lowest BCUT2D eigenvalue weighted by molar-refractivity contribution is -0.0400. The Morgan fingerprint density at radius 1 is 0.913 bits per heavy atom. The van der Waals surface area contributed by atoms with Crippen LogP contribution in [0.5, 0.6) is 5.75 Å². The van der Waals surface area contributed by atoms with Crippen LogP contribution in [0.2, 0.25) is 0 Å². The van der Waals surface area contributed by atoms with E-state index in [2.05, 4.69) is 0 Å². The van der Waals surface area contributed by atoms with Crippen LogP contribution in [0, 0.1) is 5.82 Å². The van der Waals surface area contributed by atoms with Gasteiger partial charge in [-0.15, -0.1) is 0 Å². The largest absolute Gasteiger partial charge is 0.480 e. The van der Waals surface area contributed by atoms with Crippen molar-refractivity contribution < 1.29 is 13.9 Å². The van der Waals surface area contributed by atoms with Gasteiger partial charge < -0.3 is 9.47 Å². The monoisotopic (exact) mass is 314 g/mol. The molecule has 0 aliphatic carbocycles. The number of halogens is 1. The summed E-state index contributed by atoms with van der Waals surface area (Å²) < 4.78 is 26.1. The summed E-state index contributed by atoms with van der Waals surface area (Å²) in [5.41, 5.74) is 1.03. The fourth-order valence-electron chi connectivity index (χ4n) is 3.04. The third-order valence-electron chi connectivity index (χ3n) is 4.27. The Morgan fingerprint density at radius 2 is 1.65 bits per heavy atom. The second-order valence-electron chi connectivity index (χ2n) is 5.99. The number of hydrogen-bond acceptors (Lipinski definition) is 2. The highest BCUT2D eigenvalue weighted by Crippen LogP contribution is 2.31. The summed E-state index contributed by atoms with van der Waals surface area (Å²) in [6.45, 7) is 0.745. The van der Waals surface area contributed by atoms with E-state index in [1.54, 1.807) is 18.2 Å². The Balaban J connectivity index is 1.85. The highest BCUT2D eigenvalue weighted by atomic mass is 19.1. The summed E-state index contributed by atoms with van der Waals surface area (Å²) in [6, 6.07) is 16.5. The van der Waals surface area contributed by atoms with Crippen LogP contribution in [-0.4, -0.2) is 12.7 Å². The molecule has 0 saturated carbocycles. The smallest absolute Gasteiger partial charge is 0.165 e. The normalized spacial score (nSPS) is 20.3. The molecule has 122 valence electrons. The Morgan fingerprint density at radius 3 is 2.48 bits per heavy atom. The Kier molecular flexibility index (Phi) is 5.65. The van der Waals surface area contributed by atoms with Gasteiger partial charge in [0.1, 0.15) is 6.10 Å². The zero-order valence-electron chi connectivity index (χ0n) is 13.3. The first-order chi connectivity index (χ1) is 11.3. The Labute approximate surface area is 137 Å². The molecule has 23 heavy (non-hydrogen) atoms. The van der Waals surface area contributed by atoms with Crippen LogP contribution in [0.15, 0.2) is 54.6 Å². The summed E-state index contributed by atoms with van der Waals surface area (Å²) in [5.74, 6) is -0.0497. The molecule has 0 radical (unpaired) electrons. The van der Waals surface area contributed by atoms with Gasteiger partial charge in [-0.05, 0) is 30.5 Å². The molecule has 2 aromatic rings. The fourth-order valence-corrected chi connectivity index (χ4v) is 3.04. The summed E-state index contributed by atoms with van der Waals surface area (Å²) >= 11 is 0. The molecule has 1 saturated heterocycles. The van der Waals surface area contributed by atoms with Gasteiger partial charge in [0.25, 0.3) is 0 Å². The molecule has 0 bridgehead atoms. The first kappa shape index (κ1) is 16.0. The van der Waals surface area contributed by atoms with Crippen molar-refractivity contribution in [1.29, 1.82) is 0 Å². The number of hydrogen-bond donors (Lipinski definition) is 0. The molecule has 2 nitrogen and oxygen atoms in total. The first-order valence-corrected chi connectivity index (χ1v) is 8.42. The molecule has 1 aliphatic heterocycles. The molecule has 0 N–H and O–H groups in total. The van der Waals surface area contributed by atoms with Gasteiger partial charge in [0.15, 0.2) is 11.6 Å². The van der Waals surface area contributed by atoms with E-state index in [9.17, 15) is 4.39 Å². The Bertz CT molecular complexity index is 592. The van der Waals surface area contributed by atoms with Crippen LogP contribution >= 0.6 is 0 Å². The average Bonchev–Trinajstić information content (AvgIpc) is 2.55. The van der Waals surface area contributed by atoms with E-state index in [1.807, 2.05) is 30.3 Å². The summed E-state index contributed by atoms with van der Waals surface area (Å²) in [5, 5.41) is 0. The maximum atomic E-state index is 14.0. The molecule has 2 unspecified atom stereocenters. The van der Waals surface area contributed by atoms with Gasteiger partial charge >= 0.3 is 0 Å². The summed E-state index contributed by atoms with van der Waals surface area (Å²) in [7, 11) is 0. The second-order valence-corrected chi connectivity index (χ2v) is 5.99. The predicted molar refractivity (Wildman–Crippen MR) is 89.0 cm³/mol. The number of rotatable bonds is 4. The van der Waals surface area contributed by atoms with E-state index in [-0.39, 0.29) is 23.8 Å². The van der Waals surface area contributed by atoms with Gasteiger partial charge in [-0.2, -0.15) is 0 Å². The zero-order valence-corrected chi connectivity index (χ0v) is 13.3. The fraction of sp³-hybridized carbons (Fsp3) is 0.400. The van der Waals surface area contributed by atoms with E-state index >= 15 is 0 Å². The molecule has 0 amide bonds. The van der Waals surface area contributed by atoms with Gasteiger partial charge in [0.05, 0.1) is 6.10 Å². The van der Waals surface area contributed by atoms with Crippen molar-refractivity contribution in [2.24, 2.45) is 0 Å². The molecular formula is C20H23FO2. The molecule has 0 aromatic heterocycles. The Hall–Kier alpha value is -1.87.